The van der Waals surface area contributed by atoms with E-state index in [4.69, 9.17) is 11.8 Å². The predicted molar refractivity (Wildman–Crippen MR) is 90.8 cm³/mol. The SMILES string of the molecule is [C-]#[N+]c1cc(-c2nccc(C)c2-c2ccccc2)ccc1C#N. The van der Waals surface area contributed by atoms with Crippen molar-refractivity contribution in [2.75, 3.05) is 0 Å². The van der Waals surface area contributed by atoms with Crippen LogP contribution in [0.1, 0.15) is 11.1 Å². The predicted octanol–water partition coefficient (Wildman–Crippen LogP) is 5.15. The summed E-state index contributed by atoms with van der Waals surface area (Å²) < 4.78 is 0. The molecule has 1 heterocycles. The monoisotopic (exact) mass is 295 g/mol. The number of hydrogen-bond acceptors (Lipinski definition) is 2. The lowest BCUT2D eigenvalue weighted by Gasteiger charge is -2.12. The number of rotatable bonds is 2. The van der Waals surface area contributed by atoms with Crippen molar-refractivity contribution in [1.82, 2.24) is 4.98 Å². The molecular weight excluding hydrogens is 282 g/mol. The third-order valence-corrected chi connectivity index (χ3v) is 3.73. The van der Waals surface area contributed by atoms with E-state index in [9.17, 15) is 0 Å². The quantitative estimate of drug-likeness (QED) is 0.614. The van der Waals surface area contributed by atoms with Crippen molar-refractivity contribution in [3.8, 4) is 28.5 Å². The fourth-order valence-electron chi connectivity index (χ4n) is 2.61. The average Bonchev–Trinajstić information content (AvgIpc) is 2.61. The summed E-state index contributed by atoms with van der Waals surface area (Å²) in [5.74, 6) is 0. The van der Waals surface area contributed by atoms with Gasteiger partial charge in [0.15, 0.2) is 0 Å². The van der Waals surface area contributed by atoms with Crippen molar-refractivity contribution in [3.05, 3.63) is 83.3 Å². The molecule has 0 atom stereocenters. The van der Waals surface area contributed by atoms with E-state index in [1.54, 1.807) is 18.3 Å². The Morgan fingerprint density at radius 1 is 1.04 bits per heavy atom. The normalized spacial score (nSPS) is 9.87. The van der Waals surface area contributed by atoms with Gasteiger partial charge in [-0.3, -0.25) is 4.98 Å². The Morgan fingerprint density at radius 2 is 1.83 bits per heavy atom. The maximum atomic E-state index is 9.08. The van der Waals surface area contributed by atoms with Crippen LogP contribution in [0.25, 0.3) is 27.2 Å². The maximum absolute atomic E-state index is 9.08. The number of hydrogen-bond donors (Lipinski definition) is 0. The molecule has 3 aromatic rings. The van der Waals surface area contributed by atoms with Crippen LogP contribution in [0.3, 0.4) is 0 Å². The molecule has 3 heteroatoms. The van der Waals surface area contributed by atoms with E-state index in [0.717, 1.165) is 27.9 Å². The molecular formula is C20H13N3. The van der Waals surface area contributed by atoms with Crippen molar-refractivity contribution in [3.63, 3.8) is 0 Å². The van der Waals surface area contributed by atoms with Gasteiger partial charge in [-0.25, -0.2) is 4.85 Å². The van der Waals surface area contributed by atoms with Gasteiger partial charge in [0.1, 0.15) is 0 Å². The smallest absolute Gasteiger partial charge is 0.205 e. The molecule has 108 valence electrons. The first kappa shape index (κ1) is 14.5. The second-order valence-corrected chi connectivity index (χ2v) is 5.17. The van der Waals surface area contributed by atoms with Crippen LogP contribution in [-0.4, -0.2) is 4.98 Å². The second kappa shape index (κ2) is 6.13. The number of aromatic nitrogens is 1. The summed E-state index contributed by atoms with van der Waals surface area (Å²) >= 11 is 0. The molecule has 0 radical (unpaired) electrons. The van der Waals surface area contributed by atoms with Gasteiger partial charge in [-0.2, -0.15) is 5.26 Å². The highest BCUT2D eigenvalue weighted by Crippen LogP contribution is 2.35. The Bertz CT molecular complexity index is 945. The minimum atomic E-state index is 0.354. The van der Waals surface area contributed by atoms with Gasteiger partial charge >= 0.3 is 0 Å². The Kier molecular flexibility index (Phi) is 3.87. The van der Waals surface area contributed by atoms with Gasteiger partial charge in [-0.1, -0.05) is 42.5 Å². The first-order valence-electron chi connectivity index (χ1n) is 7.17. The lowest BCUT2D eigenvalue weighted by Crippen LogP contribution is -1.92. The zero-order valence-electron chi connectivity index (χ0n) is 12.6. The summed E-state index contributed by atoms with van der Waals surface area (Å²) in [6.45, 7) is 9.31. The van der Waals surface area contributed by atoms with Gasteiger partial charge in [-0.15, -0.1) is 0 Å². The van der Waals surface area contributed by atoms with Crippen LogP contribution in [-0.2, 0) is 0 Å². The molecule has 0 saturated heterocycles. The molecule has 0 N–H and O–H groups in total. The van der Waals surface area contributed by atoms with E-state index < -0.39 is 0 Å². The van der Waals surface area contributed by atoms with E-state index in [0.29, 0.717) is 11.3 Å². The largest absolute Gasteiger partial charge is 0.256 e. The molecule has 1 aromatic heterocycles. The highest BCUT2D eigenvalue weighted by molar-refractivity contribution is 5.84. The summed E-state index contributed by atoms with van der Waals surface area (Å²) in [5.41, 5.74) is 5.67. The van der Waals surface area contributed by atoms with Gasteiger partial charge in [0.2, 0.25) is 5.69 Å². The number of pyridine rings is 1. The van der Waals surface area contributed by atoms with Crippen LogP contribution in [0, 0.1) is 24.8 Å². The van der Waals surface area contributed by atoms with Crippen molar-refractivity contribution < 1.29 is 0 Å². The second-order valence-electron chi connectivity index (χ2n) is 5.17. The van der Waals surface area contributed by atoms with Gasteiger partial charge in [0, 0.05) is 11.8 Å². The minimum Gasteiger partial charge on any atom is -0.256 e. The molecule has 0 spiro atoms. The lowest BCUT2D eigenvalue weighted by atomic mass is 9.95. The molecule has 2 aromatic carbocycles. The average molecular weight is 295 g/mol. The molecule has 0 aliphatic heterocycles. The Hall–Kier alpha value is -3.43. The number of aryl methyl sites for hydroxylation is 1. The number of nitriles is 1. The Labute approximate surface area is 135 Å². The standard InChI is InChI=1S/C20H13N3/c1-14-10-11-23-20(19(14)15-6-4-3-5-7-15)16-8-9-17(13-21)18(12-16)22-2/h3-12H,1H3. The van der Waals surface area contributed by atoms with E-state index in [1.807, 2.05) is 55.5 Å². The summed E-state index contributed by atoms with van der Waals surface area (Å²) in [7, 11) is 0. The van der Waals surface area contributed by atoms with E-state index in [1.165, 1.54) is 0 Å². The van der Waals surface area contributed by atoms with Crippen LogP contribution in [0.2, 0.25) is 0 Å². The molecule has 0 bridgehead atoms. The van der Waals surface area contributed by atoms with Crippen LogP contribution < -0.4 is 0 Å². The highest BCUT2D eigenvalue weighted by Gasteiger charge is 2.13. The molecule has 0 unspecified atom stereocenters. The molecule has 0 fully saturated rings. The first-order chi connectivity index (χ1) is 11.2. The van der Waals surface area contributed by atoms with Crippen molar-refractivity contribution in [2.24, 2.45) is 0 Å². The van der Waals surface area contributed by atoms with Crippen LogP contribution in [0.5, 0.6) is 0 Å². The third-order valence-electron chi connectivity index (χ3n) is 3.73. The Balaban J connectivity index is 2.25. The fraction of sp³-hybridized carbons (Fsp3) is 0.0500. The molecule has 0 aliphatic rings. The van der Waals surface area contributed by atoms with Crippen molar-refractivity contribution >= 4 is 5.69 Å². The van der Waals surface area contributed by atoms with Gasteiger partial charge < -0.3 is 0 Å². The fourth-order valence-corrected chi connectivity index (χ4v) is 2.61. The molecule has 0 saturated carbocycles. The van der Waals surface area contributed by atoms with E-state index in [2.05, 4.69) is 9.83 Å². The number of benzene rings is 2. The van der Waals surface area contributed by atoms with Crippen LogP contribution in [0.15, 0.2) is 60.8 Å². The summed E-state index contributed by atoms with van der Waals surface area (Å²) in [4.78, 5) is 7.98. The van der Waals surface area contributed by atoms with Gasteiger partial charge in [0.05, 0.1) is 23.9 Å². The minimum absolute atomic E-state index is 0.354. The van der Waals surface area contributed by atoms with Crippen LogP contribution in [0.4, 0.5) is 5.69 Å². The molecule has 3 nitrogen and oxygen atoms in total. The third kappa shape index (κ3) is 2.69. The topological polar surface area (TPSA) is 41.0 Å². The highest BCUT2D eigenvalue weighted by atomic mass is 14.7. The molecule has 0 amide bonds. The zero-order chi connectivity index (χ0) is 16.2. The summed E-state index contributed by atoms with van der Waals surface area (Å²) in [6.07, 6.45) is 1.77. The maximum Gasteiger partial charge on any atom is 0.205 e. The molecule has 0 aliphatic carbocycles. The molecule has 3 rings (SSSR count). The van der Waals surface area contributed by atoms with Crippen molar-refractivity contribution in [1.29, 1.82) is 5.26 Å². The zero-order valence-corrected chi connectivity index (χ0v) is 12.6. The Morgan fingerprint density at radius 3 is 2.52 bits per heavy atom. The van der Waals surface area contributed by atoms with Gasteiger partial charge in [0.25, 0.3) is 0 Å². The first-order valence-corrected chi connectivity index (χ1v) is 7.17. The number of nitrogens with zero attached hydrogens (tertiary/aromatic N) is 3. The summed E-state index contributed by atoms with van der Waals surface area (Å²) in [6, 6.07) is 19.4. The van der Waals surface area contributed by atoms with E-state index in [-0.39, 0.29) is 0 Å². The van der Waals surface area contributed by atoms with E-state index >= 15 is 0 Å². The molecule has 23 heavy (non-hydrogen) atoms. The van der Waals surface area contributed by atoms with Crippen molar-refractivity contribution in [2.45, 2.75) is 6.92 Å². The summed E-state index contributed by atoms with van der Waals surface area (Å²) in [5, 5.41) is 9.08. The lowest BCUT2D eigenvalue weighted by molar-refractivity contribution is 1.29. The van der Waals surface area contributed by atoms with Gasteiger partial charge in [-0.05, 0) is 35.7 Å². The van der Waals surface area contributed by atoms with Crippen LogP contribution >= 0.6 is 0 Å².